The Bertz CT molecular complexity index is 1770. The molecule has 0 radical (unpaired) electrons. The second-order valence-electron chi connectivity index (χ2n) is 10.6. The van der Waals surface area contributed by atoms with E-state index < -0.39 is 11.5 Å². The maximum Gasteiger partial charge on any atom is 0.356 e. The molecule has 4 heterocycles. The van der Waals surface area contributed by atoms with E-state index in [0.29, 0.717) is 30.0 Å². The first-order chi connectivity index (χ1) is 19.9. The highest BCUT2D eigenvalue weighted by atomic mass is 35.5. The number of nitrogens with two attached hydrogens (primary N) is 2. The number of carbonyl (C=O) groups excluding carboxylic acids is 1. The topological polar surface area (TPSA) is 149 Å². The summed E-state index contributed by atoms with van der Waals surface area (Å²) in [5.74, 6) is -0.575. The van der Waals surface area contributed by atoms with Gasteiger partial charge in [-0.15, -0.1) is 0 Å². The third-order valence-corrected chi connectivity index (χ3v) is 7.74. The summed E-state index contributed by atoms with van der Waals surface area (Å²) in [5.41, 5.74) is 12.8. The maximum atomic E-state index is 15.1. The molecule has 1 amide bonds. The number of hydrogen-bond donors (Lipinski definition) is 2. The smallest absolute Gasteiger partial charge is 0.356 e. The Balaban J connectivity index is 1.85. The Morgan fingerprint density at radius 3 is 2.57 bits per heavy atom. The van der Waals surface area contributed by atoms with Crippen LogP contribution in [0.1, 0.15) is 39.3 Å². The summed E-state index contributed by atoms with van der Waals surface area (Å²) in [4.78, 5) is 47.8. The molecule has 218 valence electrons. The fourth-order valence-corrected chi connectivity index (χ4v) is 5.64. The van der Waals surface area contributed by atoms with Gasteiger partial charge in [0.15, 0.2) is 11.5 Å². The van der Waals surface area contributed by atoms with Crippen molar-refractivity contribution < 1.29 is 9.18 Å². The molecular formula is C29H31ClFN9O2. The molecule has 0 unspecified atom stereocenters. The van der Waals surface area contributed by atoms with Crippen molar-refractivity contribution in [1.82, 2.24) is 29.4 Å². The van der Waals surface area contributed by atoms with Crippen LogP contribution >= 0.6 is 11.6 Å². The number of halogens is 2. The van der Waals surface area contributed by atoms with Crippen LogP contribution in [0.3, 0.4) is 0 Å². The summed E-state index contributed by atoms with van der Waals surface area (Å²) >= 11 is 6.76. The van der Waals surface area contributed by atoms with Crippen molar-refractivity contribution in [3.8, 4) is 16.9 Å². The molecule has 0 aliphatic carbocycles. The van der Waals surface area contributed by atoms with E-state index in [1.807, 2.05) is 32.6 Å². The van der Waals surface area contributed by atoms with Crippen LogP contribution in [0.4, 0.5) is 21.7 Å². The van der Waals surface area contributed by atoms with Gasteiger partial charge in [-0.2, -0.15) is 4.98 Å². The molecule has 0 bridgehead atoms. The molecule has 0 spiro atoms. The molecule has 1 aromatic carbocycles. The third-order valence-electron chi connectivity index (χ3n) is 7.45. The summed E-state index contributed by atoms with van der Waals surface area (Å²) in [6.07, 6.45) is 2.61. The van der Waals surface area contributed by atoms with E-state index in [1.54, 1.807) is 17.0 Å². The minimum atomic E-state index is -0.687. The summed E-state index contributed by atoms with van der Waals surface area (Å²) in [6.45, 7) is 12.0. The van der Waals surface area contributed by atoms with Crippen molar-refractivity contribution >= 4 is 45.9 Å². The number of carbonyl (C=O) groups is 1. The summed E-state index contributed by atoms with van der Waals surface area (Å²) < 4.78 is 16.3. The number of fused-ring (bicyclic) bond motifs is 1. The molecule has 1 fully saturated rings. The summed E-state index contributed by atoms with van der Waals surface area (Å²) in [7, 11) is 0. The molecule has 13 heteroatoms. The molecule has 5 rings (SSSR count). The van der Waals surface area contributed by atoms with Gasteiger partial charge in [0.2, 0.25) is 5.91 Å². The van der Waals surface area contributed by atoms with Crippen LogP contribution in [0.2, 0.25) is 5.02 Å². The highest BCUT2D eigenvalue weighted by Gasteiger charge is 2.34. The number of benzene rings is 1. The SMILES string of the molecule is C=CC(=O)N1C[C@H](C)N(c2nc(=O)n(-c3c(N)ncnc3C(C)C)c3nc(-c4c(N)cccc4F)c(Cl)cc23)C[C@H]1C. The van der Waals surface area contributed by atoms with E-state index in [2.05, 4.69) is 21.5 Å². The van der Waals surface area contributed by atoms with E-state index in [9.17, 15) is 9.59 Å². The minimum absolute atomic E-state index is 0.00155. The highest BCUT2D eigenvalue weighted by molar-refractivity contribution is 6.34. The molecule has 0 saturated carbocycles. The molecule has 2 atom stereocenters. The average molecular weight is 592 g/mol. The summed E-state index contributed by atoms with van der Waals surface area (Å²) in [5, 5.41) is 0.522. The van der Waals surface area contributed by atoms with Gasteiger partial charge in [-0.1, -0.05) is 38.1 Å². The van der Waals surface area contributed by atoms with Crippen LogP contribution in [0.15, 0.2) is 48.0 Å². The van der Waals surface area contributed by atoms with Crippen LogP contribution in [-0.4, -0.2) is 60.5 Å². The third kappa shape index (κ3) is 4.81. The number of amides is 1. The Morgan fingerprint density at radius 1 is 1.17 bits per heavy atom. The Morgan fingerprint density at radius 2 is 1.90 bits per heavy atom. The number of hydrogen-bond acceptors (Lipinski definition) is 9. The van der Waals surface area contributed by atoms with Crippen molar-refractivity contribution in [3.05, 3.63) is 70.3 Å². The fourth-order valence-electron chi connectivity index (χ4n) is 5.40. The number of piperazine rings is 1. The lowest BCUT2D eigenvalue weighted by Gasteiger charge is -2.44. The Labute approximate surface area is 246 Å². The fraction of sp³-hybridized carbons (Fsp3) is 0.310. The van der Waals surface area contributed by atoms with Crippen LogP contribution in [-0.2, 0) is 4.79 Å². The van der Waals surface area contributed by atoms with Gasteiger partial charge in [-0.25, -0.2) is 28.7 Å². The normalized spacial score (nSPS) is 17.2. The maximum absolute atomic E-state index is 15.1. The van der Waals surface area contributed by atoms with E-state index in [-0.39, 0.29) is 63.0 Å². The molecule has 4 aromatic rings. The Hall–Kier alpha value is -4.58. The quantitative estimate of drug-likeness (QED) is 0.260. The van der Waals surface area contributed by atoms with Crippen molar-refractivity contribution in [3.63, 3.8) is 0 Å². The predicted octanol–water partition coefficient (Wildman–Crippen LogP) is 3.93. The minimum Gasteiger partial charge on any atom is -0.398 e. The molecule has 3 aromatic heterocycles. The first kappa shape index (κ1) is 28.9. The monoisotopic (exact) mass is 591 g/mol. The second-order valence-corrected chi connectivity index (χ2v) is 11.0. The molecule has 11 nitrogen and oxygen atoms in total. The van der Waals surface area contributed by atoms with Crippen LogP contribution in [0.5, 0.6) is 0 Å². The van der Waals surface area contributed by atoms with Gasteiger partial charge < -0.3 is 21.3 Å². The number of nitrogens with zero attached hydrogens (tertiary/aromatic N) is 7. The van der Waals surface area contributed by atoms with Crippen molar-refractivity contribution in [2.75, 3.05) is 29.5 Å². The van der Waals surface area contributed by atoms with E-state index in [1.165, 1.54) is 29.1 Å². The molecule has 4 N–H and O–H groups in total. The first-order valence-corrected chi connectivity index (χ1v) is 13.8. The van der Waals surface area contributed by atoms with Gasteiger partial charge >= 0.3 is 5.69 Å². The number of anilines is 3. The van der Waals surface area contributed by atoms with E-state index in [4.69, 9.17) is 28.1 Å². The van der Waals surface area contributed by atoms with Crippen molar-refractivity contribution in [2.45, 2.75) is 45.7 Å². The van der Waals surface area contributed by atoms with Crippen LogP contribution in [0.25, 0.3) is 28.0 Å². The van der Waals surface area contributed by atoms with E-state index >= 15 is 4.39 Å². The van der Waals surface area contributed by atoms with Gasteiger partial charge in [0, 0.05) is 30.9 Å². The zero-order chi connectivity index (χ0) is 30.5. The largest absolute Gasteiger partial charge is 0.398 e. The predicted molar refractivity (Wildman–Crippen MR) is 162 cm³/mol. The van der Waals surface area contributed by atoms with Crippen LogP contribution in [0, 0.1) is 5.82 Å². The van der Waals surface area contributed by atoms with Gasteiger partial charge in [0.25, 0.3) is 0 Å². The van der Waals surface area contributed by atoms with Gasteiger partial charge in [0.1, 0.15) is 23.6 Å². The lowest BCUT2D eigenvalue weighted by atomic mass is 10.1. The number of aromatic nitrogens is 5. The molecule has 1 saturated heterocycles. The Kier molecular flexibility index (Phi) is 7.58. The summed E-state index contributed by atoms with van der Waals surface area (Å²) in [6, 6.07) is 5.43. The molecular weight excluding hydrogens is 561 g/mol. The standard InChI is InChI=1S/C29H31ClFN9O2/c1-6-21(41)38-11-16(5)39(12-15(38)4)27-17-10-18(30)24(22-19(31)8-7-9-20(22)32)36-28(17)40(29(42)37-27)25-23(14(2)3)34-13-35-26(25)33/h6-10,13-16H,1,11-12,32H2,2-5H3,(H2,33,34,35)/t15-,16+/m1/s1. The lowest BCUT2D eigenvalue weighted by molar-refractivity contribution is -0.128. The van der Waals surface area contributed by atoms with Crippen molar-refractivity contribution in [2.24, 2.45) is 0 Å². The lowest BCUT2D eigenvalue weighted by Crippen LogP contribution is -2.58. The van der Waals surface area contributed by atoms with E-state index in [0.717, 1.165) is 0 Å². The number of nitrogen functional groups attached to an aromatic ring is 2. The number of rotatable bonds is 5. The van der Waals surface area contributed by atoms with Crippen molar-refractivity contribution in [1.29, 1.82) is 0 Å². The van der Waals surface area contributed by atoms with Gasteiger partial charge in [-0.3, -0.25) is 4.79 Å². The molecule has 1 aliphatic rings. The highest BCUT2D eigenvalue weighted by Crippen LogP contribution is 2.38. The second kappa shape index (κ2) is 11.0. The zero-order valence-corrected chi connectivity index (χ0v) is 24.4. The average Bonchev–Trinajstić information content (AvgIpc) is 2.94. The molecule has 42 heavy (non-hydrogen) atoms. The van der Waals surface area contributed by atoms with Crippen LogP contribution < -0.4 is 22.1 Å². The molecule has 1 aliphatic heterocycles. The van der Waals surface area contributed by atoms with Gasteiger partial charge in [-0.05, 0) is 44.0 Å². The zero-order valence-electron chi connectivity index (χ0n) is 23.7. The van der Waals surface area contributed by atoms with Gasteiger partial charge in [0.05, 0.1) is 27.4 Å². The first-order valence-electron chi connectivity index (χ1n) is 13.4. The number of pyridine rings is 1.